The summed E-state index contributed by atoms with van der Waals surface area (Å²) in [6.45, 7) is 0.597. The van der Waals surface area contributed by atoms with Crippen molar-refractivity contribution in [3.05, 3.63) is 29.8 Å². The maximum atomic E-state index is 9.58. The highest BCUT2D eigenvalue weighted by molar-refractivity contribution is 5.88. The van der Waals surface area contributed by atoms with E-state index in [2.05, 4.69) is 10.3 Å². The molecule has 0 atom stereocenters. The highest BCUT2D eigenvalue weighted by atomic mass is 16.3. The van der Waals surface area contributed by atoms with Crippen LogP contribution < -0.4 is 0 Å². The number of allylic oxidation sites excluding steroid dienone is 1. The summed E-state index contributed by atoms with van der Waals surface area (Å²) < 4.78 is 1.78. The first-order valence-electron chi connectivity index (χ1n) is 4.08. The molecule has 1 aliphatic rings. The van der Waals surface area contributed by atoms with Crippen molar-refractivity contribution in [1.82, 2.24) is 15.0 Å². The molecular formula is C9H7N3O. The van der Waals surface area contributed by atoms with Gasteiger partial charge < -0.3 is 5.11 Å². The first-order chi connectivity index (χ1) is 6.36. The lowest BCUT2D eigenvalue weighted by molar-refractivity contribution is 0.502. The molecule has 4 heteroatoms. The van der Waals surface area contributed by atoms with Gasteiger partial charge in [0.25, 0.3) is 0 Å². The third-order valence-corrected chi connectivity index (χ3v) is 2.27. The van der Waals surface area contributed by atoms with Crippen LogP contribution in [0.5, 0.6) is 0 Å². The molecule has 0 unspecified atom stereocenters. The molecule has 0 aliphatic carbocycles. The van der Waals surface area contributed by atoms with Gasteiger partial charge in [0.1, 0.15) is 11.3 Å². The number of rotatable bonds is 0. The molecule has 0 spiro atoms. The number of hydrogen-bond acceptors (Lipinski definition) is 3. The third kappa shape index (κ3) is 0.744. The van der Waals surface area contributed by atoms with Crippen LogP contribution in [0.25, 0.3) is 16.8 Å². The minimum atomic E-state index is 0.320. The van der Waals surface area contributed by atoms with Crippen molar-refractivity contribution in [2.24, 2.45) is 0 Å². The summed E-state index contributed by atoms with van der Waals surface area (Å²) in [5.74, 6) is 0.320. The predicted molar refractivity (Wildman–Crippen MR) is 48.1 cm³/mol. The number of aliphatic hydroxyl groups is 1. The van der Waals surface area contributed by atoms with Gasteiger partial charge >= 0.3 is 0 Å². The van der Waals surface area contributed by atoms with Gasteiger partial charge in [-0.15, -0.1) is 5.10 Å². The van der Waals surface area contributed by atoms with Gasteiger partial charge in [0.2, 0.25) is 0 Å². The fraction of sp³-hybridized carbons (Fsp3) is 0.111. The Morgan fingerprint density at radius 2 is 2.31 bits per heavy atom. The highest BCUT2D eigenvalue weighted by Crippen LogP contribution is 2.25. The minimum Gasteiger partial charge on any atom is -0.508 e. The van der Waals surface area contributed by atoms with Gasteiger partial charge in [0.05, 0.1) is 12.1 Å². The Bertz CT molecular complexity index is 513. The van der Waals surface area contributed by atoms with Gasteiger partial charge in [-0.1, -0.05) is 11.3 Å². The number of para-hydroxylation sites is 1. The first-order valence-corrected chi connectivity index (χ1v) is 4.08. The molecule has 64 valence electrons. The Morgan fingerprint density at radius 1 is 1.38 bits per heavy atom. The van der Waals surface area contributed by atoms with Crippen LogP contribution in [0.1, 0.15) is 5.56 Å². The molecule has 1 aromatic carbocycles. The Morgan fingerprint density at radius 3 is 3.23 bits per heavy atom. The number of benzene rings is 1. The third-order valence-electron chi connectivity index (χ3n) is 2.27. The second-order valence-corrected chi connectivity index (χ2v) is 3.03. The molecular weight excluding hydrogens is 166 g/mol. The second kappa shape index (κ2) is 2.10. The van der Waals surface area contributed by atoms with E-state index in [0.717, 1.165) is 16.6 Å². The number of aromatic nitrogens is 3. The summed E-state index contributed by atoms with van der Waals surface area (Å²) in [7, 11) is 0. The summed E-state index contributed by atoms with van der Waals surface area (Å²) in [6.07, 6.45) is 1.73. The van der Waals surface area contributed by atoms with Gasteiger partial charge in [-0.3, -0.25) is 0 Å². The van der Waals surface area contributed by atoms with Gasteiger partial charge in [-0.2, -0.15) is 0 Å². The van der Waals surface area contributed by atoms with Gasteiger partial charge in [0.15, 0.2) is 0 Å². The van der Waals surface area contributed by atoms with E-state index in [1.165, 1.54) is 0 Å². The molecule has 13 heavy (non-hydrogen) atoms. The van der Waals surface area contributed by atoms with Crippen molar-refractivity contribution in [3.63, 3.8) is 0 Å². The summed E-state index contributed by atoms with van der Waals surface area (Å²) in [5, 5.41) is 17.5. The van der Waals surface area contributed by atoms with Crippen LogP contribution in [-0.4, -0.2) is 20.1 Å². The highest BCUT2D eigenvalue weighted by Gasteiger charge is 2.15. The van der Waals surface area contributed by atoms with Gasteiger partial charge in [0, 0.05) is 5.56 Å². The summed E-state index contributed by atoms with van der Waals surface area (Å²) >= 11 is 0. The smallest absolute Gasteiger partial charge is 0.122 e. The lowest BCUT2D eigenvalue weighted by atomic mass is 10.1. The van der Waals surface area contributed by atoms with Crippen molar-refractivity contribution < 1.29 is 5.11 Å². The molecule has 2 aromatic rings. The standard InChI is InChI=1S/C9H7N3O/c13-8-4-5-12-9-6(8)2-1-3-7(9)10-11-12/h1-4,13H,5H2. The molecule has 0 saturated heterocycles. The summed E-state index contributed by atoms with van der Waals surface area (Å²) in [6, 6.07) is 5.63. The molecule has 0 fully saturated rings. The number of nitrogens with zero attached hydrogens (tertiary/aromatic N) is 3. The van der Waals surface area contributed by atoms with Crippen LogP contribution in [-0.2, 0) is 6.54 Å². The molecule has 1 aliphatic heterocycles. The van der Waals surface area contributed by atoms with Crippen molar-refractivity contribution in [1.29, 1.82) is 0 Å². The maximum absolute atomic E-state index is 9.58. The second-order valence-electron chi connectivity index (χ2n) is 3.03. The van der Waals surface area contributed by atoms with E-state index < -0.39 is 0 Å². The Kier molecular flexibility index (Phi) is 1.07. The van der Waals surface area contributed by atoms with Crippen molar-refractivity contribution in [2.45, 2.75) is 6.54 Å². The molecule has 2 heterocycles. The lowest BCUT2D eigenvalue weighted by Crippen LogP contribution is -2.05. The molecule has 4 nitrogen and oxygen atoms in total. The molecule has 0 radical (unpaired) electrons. The molecule has 1 aromatic heterocycles. The van der Waals surface area contributed by atoms with E-state index in [0.29, 0.717) is 12.3 Å². The SMILES string of the molecule is OC1=CCn2nnc3cccc1c32. The van der Waals surface area contributed by atoms with Crippen molar-refractivity contribution >= 4 is 16.8 Å². The predicted octanol–water partition coefficient (Wildman–Crippen LogP) is 1.34. The average molecular weight is 173 g/mol. The molecule has 0 saturated carbocycles. The lowest BCUT2D eigenvalue weighted by Gasteiger charge is -2.09. The van der Waals surface area contributed by atoms with Crippen LogP contribution in [0.15, 0.2) is 24.3 Å². The van der Waals surface area contributed by atoms with Crippen LogP contribution in [0.2, 0.25) is 0 Å². The normalized spacial score (nSPS) is 14.6. The topological polar surface area (TPSA) is 50.9 Å². The van der Waals surface area contributed by atoms with Crippen LogP contribution >= 0.6 is 0 Å². The van der Waals surface area contributed by atoms with E-state index >= 15 is 0 Å². The average Bonchev–Trinajstić information content (AvgIpc) is 2.57. The maximum Gasteiger partial charge on any atom is 0.122 e. The summed E-state index contributed by atoms with van der Waals surface area (Å²) in [4.78, 5) is 0. The van der Waals surface area contributed by atoms with Gasteiger partial charge in [-0.25, -0.2) is 4.68 Å². The van der Waals surface area contributed by atoms with Gasteiger partial charge in [-0.05, 0) is 18.2 Å². The van der Waals surface area contributed by atoms with E-state index in [4.69, 9.17) is 0 Å². The van der Waals surface area contributed by atoms with Crippen molar-refractivity contribution in [2.75, 3.05) is 0 Å². The summed E-state index contributed by atoms with van der Waals surface area (Å²) in [5.41, 5.74) is 2.56. The fourth-order valence-electron chi connectivity index (χ4n) is 1.65. The Balaban J connectivity index is 2.52. The first kappa shape index (κ1) is 6.65. The molecule has 0 amide bonds. The van der Waals surface area contributed by atoms with Crippen LogP contribution in [0, 0.1) is 0 Å². The van der Waals surface area contributed by atoms with E-state index in [9.17, 15) is 5.11 Å². The van der Waals surface area contributed by atoms with E-state index in [-0.39, 0.29) is 0 Å². The Hall–Kier alpha value is -1.84. The monoisotopic (exact) mass is 173 g/mol. The zero-order valence-corrected chi connectivity index (χ0v) is 6.81. The number of hydrogen-bond donors (Lipinski definition) is 1. The van der Waals surface area contributed by atoms with E-state index in [1.807, 2.05) is 18.2 Å². The quantitative estimate of drug-likeness (QED) is 0.654. The Labute approximate surface area is 74.1 Å². The number of aliphatic hydroxyl groups excluding tert-OH is 1. The molecule has 0 bridgehead atoms. The van der Waals surface area contributed by atoms with Crippen LogP contribution in [0.3, 0.4) is 0 Å². The van der Waals surface area contributed by atoms with Crippen LogP contribution in [0.4, 0.5) is 0 Å². The zero-order chi connectivity index (χ0) is 8.84. The minimum absolute atomic E-state index is 0.320. The van der Waals surface area contributed by atoms with Crippen molar-refractivity contribution in [3.8, 4) is 0 Å². The largest absolute Gasteiger partial charge is 0.508 e. The molecule has 1 N–H and O–H groups in total. The van der Waals surface area contributed by atoms with E-state index in [1.54, 1.807) is 10.8 Å². The molecule has 3 rings (SSSR count). The zero-order valence-electron chi connectivity index (χ0n) is 6.81. The fourth-order valence-corrected chi connectivity index (χ4v) is 1.65.